The van der Waals surface area contributed by atoms with Crippen molar-refractivity contribution in [3.8, 4) is 0 Å². The van der Waals surface area contributed by atoms with Gasteiger partial charge in [-0.25, -0.2) is 4.79 Å². The highest BCUT2D eigenvalue weighted by atomic mass is 16.2. The lowest BCUT2D eigenvalue weighted by molar-refractivity contribution is -0.128. The molecule has 2 rings (SSSR count). The summed E-state index contributed by atoms with van der Waals surface area (Å²) in [7, 11) is 0. The Morgan fingerprint density at radius 3 is 2.41 bits per heavy atom. The first-order valence-electron chi connectivity index (χ1n) is 7.18. The number of hydrogen-bond acceptors (Lipinski definition) is 3. The van der Waals surface area contributed by atoms with E-state index in [0.29, 0.717) is 6.54 Å². The van der Waals surface area contributed by atoms with Crippen molar-refractivity contribution in [2.45, 2.75) is 31.3 Å². The number of urea groups is 1. The number of carbonyl (C=O) groups excluding carboxylic acids is 3. The number of primary amides is 2. The van der Waals surface area contributed by atoms with Crippen molar-refractivity contribution in [2.75, 3.05) is 6.54 Å². The molecule has 1 aromatic rings. The van der Waals surface area contributed by atoms with Crippen LogP contribution in [0.2, 0.25) is 0 Å². The Bertz CT molecular complexity index is 547. The Balaban J connectivity index is 2.02. The number of nitrogens with zero attached hydrogens (tertiary/aromatic N) is 1. The number of carbonyl (C=O) groups is 3. The predicted octanol–water partition coefficient (Wildman–Crippen LogP) is -0.258. The highest BCUT2D eigenvalue weighted by molar-refractivity contribution is 6.05. The first kappa shape index (κ1) is 15.8. The Morgan fingerprint density at radius 1 is 1.18 bits per heavy atom. The molecule has 0 bridgehead atoms. The van der Waals surface area contributed by atoms with Crippen molar-refractivity contribution in [2.24, 2.45) is 11.5 Å². The molecule has 5 N–H and O–H groups in total. The first-order valence-corrected chi connectivity index (χ1v) is 7.18. The van der Waals surface area contributed by atoms with Crippen LogP contribution in [0.3, 0.4) is 0 Å². The maximum atomic E-state index is 12.3. The second-order valence-electron chi connectivity index (χ2n) is 5.37. The molecule has 0 spiro atoms. The van der Waals surface area contributed by atoms with Crippen LogP contribution in [0, 0.1) is 0 Å². The summed E-state index contributed by atoms with van der Waals surface area (Å²) in [4.78, 5) is 36.2. The number of rotatable bonds is 5. The predicted molar refractivity (Wildman–Crippen MR) is 80.6 cm³/mol. The topological polar surface area (TPSA) is 119 Å². The number of benzene rings is 1. The Kier molecular flexibility index (Phi) is 4.98. The SMILES string of the molecule is NC(=O)C(NC(=O)N1CCCC1Cc1ccccc1)C(N)=O. The highest BCUT2D eigenvalue weighted by Crippen LogP contribution is 2.21. The molecular formula is C15H20N4O3. The van der Waals surface area contributed by atoms with E-state index in [1.54, 1.807) is 4.90 Å². The summed E-state index contributed by atoms with van der Waals surface area (Å²) in [6.07, 6.45) is 2.48. The number of nitrogens with two attached hydrogens (primary N) is 2. The van der Waals surface area contributed by atoms with Crippen LogP contribution in [0.5, 0.6) is 0 Å². The van der Waals surface area contributed by atoms with Gasteiger partial charge in [-0.1, -0.05) is 30.3 Å². The summed E-state index contributed by atoms with van der Waals surface area (Å²) in [5.41, 5.74) is 11.3. The maximum absolute atomic E-state index is 12.3. The van der Waals surface area contributed by atoms with Crippen molar-refractivity contribution in [1.29, 1.82) is 0 Å². The molecule has 118 valence electrons. The molecular weight excluding hydrogens is 284 g/mol. The summed E-state index contributed by atoms with van der Waals surface area (Å²) in [5, 5.41) is 2.31. The second kappa shape index (κ2) is 6.93. The highest BCUT2D eigenvalue weighted by Gasteiger charge is 2.32. The standard InChI is InChI=1S/C15H20N4O3/c16-13(20)12(14(17)21)18-15(22)19-8-4-7-11(19)9-10-5-2-1-3-6-10/h1-3,5-6,11-12H,4,7-9H2,(H2,16,20)(H2,17,21)(H,18,22). The van der Waals surface area contributed by atoms with Crippen molar-refractivity contribution < 1.29 is 14.4 Å². The largest absolute Gasteiger partial charge is 0.367 e. The second-order valence-corrected chi connectivity index (χ2v) is 5.37. The molecule has 1 heterocycles. The fraction of sp³-hybridized carbons (Fsp3) is 0.400. The van der Waals surface area contributed by atoms with Crippen LogP contribution in [0.1, 0.15) is 18.4 Å². The molecule has 0 aliphatic carbocycles. The minimum absolute atomic E-state index is 0.0313. The zero-order valence-corrected chi connectivity index (χ0v) is 12.2. The number of likely N-dealkylation sites (tertiary alicyclic amines) is 1. The van der Waals surface area contributed by atoms with Crippen molar-refractivity contribution in [3.05, 3.63) is 35.9 Å². The van der Waals surface area contributed by atoms with Crippen LogP contribution in [-0.2, 0) is 16.0 Å². The van der Waals surface area contributed by atoms with Crippen LogP contribution in [0.25, 0.3) is 0 Å². The average Bonchev–Trinajstić information content (AvgIpc) is 2.93. The molecule has 1 aliphatic heterocycles. The normalized spacial score (nSPS) is 17.5. The van der Waals surface area contributed by atoms with E-state index in [9.17, 15) is 14.4 Å². The molecule has 0 radical (unpaired) electrons. The molecule has 1 atom stereocenters. The van der Waals surface area contributed by atoms with Crippen molar-refractivity contribution in [3.63, 3.8) is 0 Å². The summed E-state index contributed by atoms with van der Waals surface area (Å²) in [6, 6.07) is 7.91. The van der Waals surface area contributed by atoms with Gasteiger partial charge in [-0.3, -0.25) is 9.59 Å². The van der Waals surface area contributed by atoms with Gasteiger partial charge in [-0.15, -0.1) is 0 Å². The van der Waals surface area contributed by atoms with E-state index in [2.05, 4.69) is 5.32 Å². The van der Waals surface area contributed by atoms with E-state index in [1.807, 2.05) is 30.3 Å². The molecule has 1 saturated heterocycles. The first-order chi connectivity index (χ1) is 10.5. The number of hydrogen-bond donors (Lipinski definition) is 3. The van der Waals surface area contributed by atoms with Crippen LogP contribution >= 0.6 is 0 Å². The van der Waals surface area contributed by atoms with E-state index < -0.39 is 23.9 Å². The van der Waals surface area contributed by atoms with Gasteiger partial charge in [0.05, 0.1) is 0 Å². The molecule has 7 heteroatoms. The number of amides is 4. The van der Waals surface area contributed by atoms with E-state index in [4.69, 9.17) is 11.5 Å². The van der Waals surface area contributed by atoms with E-state index >= 15 is 0 Å². The van der Waals surface area contributed by atoms with Gasteiger partial charge in [0.2, 0.25) is 11.8 Å². The Morgan fingerprint density at radius 2 is 1.82 bits per heavy atom. The van der Waals surface area contributed by atoms with Gasteiger partial charge in [0.1, 0.15) is 0 Å². The lowest BCUT2D eigenvalue weighted by Gasteiger charge is -2.26. The zero-order chi connectivity index (χ0) is 16.1. The third kappa shape index (κ3) is 3.75. The molecule has 0 saturated carbocycles. The smallest absolute Gasteiger partial charge is 0.318 e. The molecule has 1 fully saturated rings. The number of nitrogens with one attached hydrogen (secondary N) is 1. The summed E-state index contributed by atoms with van der Waals surface area (Å²) < 4.78 is 0. The summed E-state index contributed by atoms with van der Waals surface area (Å²) in [6.45, 7) is 0.577. The van der Waals surface area contributed by atoms with Gasteiger partial charge in [-0.05, 0) is 24.8 Å². The lowest BCUT2D eigenvalue weighted by atomic mass is 10.0. The van der Waals surface area contributed by atoms with Crippen molar-refractivity contribution >= 4 is 17.8 Å². The molecule has 22 heavy (non-hydrogen) atoms. The fourth-order valence-corrected chi connectivity index (χ4v) is 2.69. The van der Waals surface area contributed by atoms with Gasteiger partial charge >= 0.3 is 6.03 Å². The van der Waals surface area contributed by atoms with E-state index in [-0.39, 0.29) is 6.04 Å². The Hall–Kier alpha value is -2.57. The zero-order valence-electron chi connectivity index (χ0n) is 12.2. The third-order valence-corrected chi connectivity index (χ3v) is 3.79. The van der Waals surface area contributed by atoms with Crippen LogP contribution in [0.4, 0.5) is 4.79 Å². The average molecular weight is 304 g/mol. The summed E-state index contributed by atoms with van der Waals surface area (Å²) >= 11 is 0. The molecule has 0 aromatic heterocycles. The fourth-order valence-electron chi connectivity index (χ4n) is 2.69. The van der Waals surface area contributed by atoms with E-state index in [0.717, 1.165) is 24.8 Å². The van der Waals surface area contributed by atoms with Gasteiger partial charge in [0, 0.05) is 12.6 Å². The van der Waals surface area contributed by atoms with Gasteiger partial charge < -0.3 is 21.7 Å². The van der Waals surface area contributed by atoms with Gasteiger partial charge in [-0.2, -0.15) is 0 Å². The third-order valence-electron chi connectivity index (χ3n) is 3.79. The Labute approximate surface area is 128 Å². The van der Waals surface area contributed by atoms with Crippen molar-refractivity contribution in [1.82, 2.24) is 10.2 Å². The van der Waals surface area contributed by atoms with Gasteiger partial charge in [0.25, 0.3) is 0 Å². The quantitative estimate of drug-likeness (QED) is 0.650. The minimum Gasteiger partial charge on any atom is -0.367 e. The molecule has 1 aromatic carbocycles. The molecule has 1 unspecified atom stereocenters. The van der Waals surface area contributed by atoms with E-state index in [1.165, 1.54) is 0 Å². The minimum atomic E-state index is -1.48. The van der Waals surface area contributed by atoms with Gasteiger partial charge in [0.15, 0.2) is 6.04 Å². The molecule has 1 aliphatic rings. The molecule has 4 amide bonds. The molecule has 7 nitrogen and oxygen atoms in total. The van der Waals surface area contributed by atoms with Crippen LogP contribution < -0.4 is 16.8 Å². The monoisotopic (exact) mass is 304 g/mol. The van der Waals surface area contributed by atoms with Crippen LogP contribution in [0.15, 0.2) is 30.3 Å². The lowest BCUT2D eigenvalue weighted by Crippen LogP contribution is -2.56. The maximum Gasteiger partial charge on any atom is 0.318 e. The summed E-state index contributed by atoms with van der Waals surface area (Å²) in [5.74, 6) is -1.92. The van der Waals surface area contributed by atoms with Crippen LogP contribution in [-0.4, -0.2) is 41.4 Å².